The molecule has 4 heteroatoms. The van der Waals surface area contributed by atoms with Crippen LogP contribution in [-0.4, -0.2) is 18.3 Å². The van der Waals surface area contributed by atoms with E-state index in [1.807, 2.05) is 0 Å². The molecule has 0 fully saturated rings. The van der Waals surface area contributed by atoms with Crippen molar-refractivity contribution in [1.29, 1.82) is 0 Å². The summed E-state index contributed by atoms with van der Waals surface area (Å²) in [4.78, 5) is 0. The highest BCUT2D eigenvalue weighted by Gasteiger charge is 2.23. The lowest BCUT2D eigenvalue weighted by molar-refractivity contribution is 1.15. The fraction of sp³-hybridized carbons (Fsp3) is 0. The van der Waals surface area contributed by atoms with Crippen molar-refractivity contribution in [2.24, 2.45) is 0 Å². The van der Waals surface area contributed by atoms with E-state index in [9.17, 15) is 0 Å². The van der Waals surface area contributed by atoms with Crippen LogP contribution in [0.2, 0.25) is 0 Å². The molecule has 0 saturated carbocycles. The lowest BCUT2D eigenvalue weighted by Gasteiger charge is -2.13. The summed E-state index contributed by atoms with van der Waals surface area (Å²) in [6, 6.07) is 84.5. The van der Waals surface area contributed by atoms with Gasteiger partial charge in [0.05, 0.1) is 44.1 Å². The van der Waals surface area contributed by atoms with Gasteiger partial charge in [0, 0.05) is 65.8 Å². The van der Waals surface area contributed by atoms with Crippen molar-refractivity contribution in [3.05, 3.63) is 231 Å². The van der Waals surface area contributed by atoms with Crippen molar-refractivity contribution < 1.29 is 0 Å². The third kappa shape index (κ3) is 4.93. The molecule has 0 radical (unpaired) electrons. The van der Waals surface area contributed by atoms with Crippen molar-refractivity contribution in [1.82, 2.24) is 18.3 Å². The van der Waals surface area contributed by atoms with Crippen LogP contribution in [0, 0.1) is 0 Å². The van der Waals surface area contributed by atoms with Crippen LogP contribution < -0.4 is 0 Å². The van der Waals surface area contributed by atoms with E-state index in [1.54, 1.807) is 0 Å². The van der Waals surface area contributed by atoms with Crippen LogP contribution in [0.15, 0.2) is 231 Å². The minimum absolute atomic E-state index is 1.13. The van der Waals surface area contributed by atoms with E-state index in [-0.39, 0.29) is 0 Å². The van der Waals surface area contributed by atoms with E-state index in [2.05, 4.69) is 249 Å². The molecule has 0 aliphatic heterocycles. The monoisotopic (exact) mass is 814 g/mol. The van der Waals surface area contributed by atoms with Crippen LogP contribution >= 0.6 is 0 Å². The van der Waals surface area contributed by atoms with Gasteiger partial charge in [0.1, 0.15) is 0 Å². The molecule has 4 nitrogen and oxygen atoms in total. The molecular formula is C60H38N4. The van der Waals surface area contributed by atoms with Crippen LogP contribution in [0.4, 0.5) is 0 Å². The van der Waals surface area contributed by atoms with Gasteiger partial charge in [-0.3, -0.25) is 0 Å². The van der Waals surface area contributed by atoms with Crippen LogP contribution in [0.1, 0.15) is 0 Å². The summed E-state index contributed by atoms with van der Waals surface area (Å²) in [7, 11) is 0. The summed E-state index contributed by atoms with van der Waals surface area (Å²) in [6.45, 7) is 0. The third-order valence-electron chi connectivity index (χ3n) is 13.5. The summed E-state index contributed by atoms with van der Waals surface area (Å²) >= 11 is 0. The van der Waals surface area contributed by atoms with Crippen molar-refractivity contribution in [3.8, 4) is 33.9 Å². The minimum Gasteiger partial charge on any atom is -0.309 e. The van der Waals surface area contributed by atoms with Crippen LogP contribution in [0.3, 0.4) is 0 Å². The highest BCUT2D eigenvalue weighted by atomic mass is 15.0. The molecule has 4 aromatic heterocycles. The first kappa shape index (κ1) is 35.0. The van der Waals surface area contributed by atoms with Gasteiger partial charge >= 0.3 is 0 Å². The normalized spacial score (nSPS) is 12.1. The molecule has 0 saturated heterocycles. The van der Waals surface area contributed by atoms with Gasteiger partial charge in [-0.05, 0) is 108 Å². The van der Waals surface area contributed by atoms with E-state index in [1.165, 1.54) is 98.4 Å². The zero-order chi connectivity index (χ0) is 41.9. The largest absolute Gasteiger partial charge is 0.309 e. The molecule has 0 atom stereocenters. The van der Waals surface area contributed by atoms with Gasteiger partial charge in [0.15, 0.2) is 0 Å². The number of hydrogen-bond donors (Lipinski definition) is 0. The summed E-state index contributed by atoms with van der Waals surface area (Å²) < 4.78 is 9.78. The molecule has 0 spiro atoms. The van der Waals surface area contributed by atoms with Gasteiger partial charge in [-0.1, -0.05) is 133 Å². The molecule has 14 aromatic rings. The average Bonchev–Trinajstić information content (AvgIpc) is 4.09. The van der Waals surface area contributed by atoms with Gasteiger partial charge in [-0.2, -0.15) is 0 Å². The maximum absolute atomic E-state index is 2.51. The first-order valence-electron chi connectivity index (χ1n) is 22.0. The topological polar surface area (TPSA) is 19.7 Å². The fourth-order valence-electron chi connectivity index (χ4n) is 10.8. The quantitative estimate of drug-likeness (QED) is 0.165. The highest BCUT2D eigenvalue weighted by molar-refractivity contribution is 6.24. The number of benzene rings is 10. The molecule has 0 amide bonds. The fourth-order valence-corrected chi connectivity index (χ4v) is 10.8. The van der Waals surface area contributed by atoms with Crippen molar-refractivity contribution in [2.45, 2.75) is 0 Å². The number of nitrogens with zero attached hydrogens (tertiary/aromatic N) is 4. The Balaban J connectivity index is 1.05. The Labute approximate surface area is 368 Å². The van der Waals surface area contributed by atoms with Gasteiger partial charge in [-0.25, -0.2) is 0 Å². The zero-order valence-electron chi connectivity index (χ0n) is 34.7. The predicted molar refractivity (Wildman–Crippen MR) is 269 cm³/mol. The Morgan fingerprint density at radius 2 is 0.516 bits per heavy atom. The van der Waals surface area contributed by atoms with Crippen LogP contribution in [0.25, 0.3) is 121 Å². The minimum atomic E-state index is 1.13. The van der Waals surface area contributed by atoms with Crippen LogP contribution in [0.5, 0.6) is 0 Å². The third-order valence-corrected chi connectivity index (χ3v) is 13.5. The van der Waals surface area contributed by atoms with Crippen molar-refractivity contribution in [3.63, 3.8) is 0 Å². The van der Waals surface area contributed by atoms with Crippen molar-refractivity contribution >= 4 is 87.2 Å². The summed E-state index contributed by atoms with van der Waals surface area (Å²) in [5.41, 5.74) is 16.5. The lowest BCUT2D eigenvalue weighted by atomic mass is 10.0. The van der Waals surface area contributed by atoms with E-state index in [4.69, 9.17) is 0 Å². The Morgan fingerprint density at radius 3 is 1.00 bits per heavy atom. The molecule has 0 bridgehead atoms. The molecule has 14 rings (SSSR count). The average molecular weight is 815 g/mol. The molecule has 0 N–H and O–H groups in total. The first-order valence-corrected chi connectivity index (χ1v) is 22.0. The lowest BCUT2D eigenvalue weighted by Crippen LogP contribution is -1.99. The molecule has 64 heavy (non-hydrogen) atoms. The van der Waals surface area contributed by atoms with Gasteiger partial charge in [-0.15, -0.1) is 0 Å². The number of aromatic nitrogens is 4. The molecule has 0 unspecified atom stereocenters. The predicted octanol–water partition coefficient (Wildman–Crippen LogP) is 15.7. The second kappa shape index (κ2) is 13.4. The zero-order valence-corrected chi connectivity index (χ0v) is 34.7. The van der Waals surface area contributed by atoms with Gasteiger partial charge < -0.3 is 18.3 Å². The summed E-state index contributed by atoms with van der Waals surface area (Å²) in [5, 5.41) is 9.89. The smallest absolute Gasteiger partial charge is 0.0788 e. The Morgan fingerprint density at radius 1 is 0.188 bits per heavy atom. The summed E-state index contributed by atoms with van der Waals surface area (Å²) in [5.74, 6) is 0. The molecule has 4 heterocycles. The molecule has 0 aliphatic carbocycles. The van der Waals surface area contributed by atoms with Gasteiger partial charge in [0.25, 0.3) is 0 Å². The maximum atomic E-state index is 2.51. The Bertz CT molecular complexity index is 4170. The number of hydrogen-bond acceptors (Lipinski definition) is 0. The van der Waals surface area contributed by atoms with E-state index < -0.39 is 0 Å². The van der Waals surface area contributed by atoms with Gasteiger partial charge in [0.2, 0.25) is 0 Å². The second-order valence-electron chi connectivity index (χ2n) is 16.9. The molecule has 0 aliphatic rings. The number of para-hydroxylation sites is 6. The van der Waals surface area contributed by atoms with E-state index >= 15 is 0 Å². The first-order chi connectivity index (χ1) is 31.8. The summed E-state index contributed by atoms with van der Waals surface area (Å²) in [6.07, 6.45) is 0. The van der Waals surface area contributed by atoms with Crippen LogP contribution in [-0.2, 0) is 0 Å². The van der Waals surface area contributed by atoms with E-state index in [0.29, 0.717) is 0 Å². The Kier molecular flexibility index (Phi) is 7.36. The second-order valence-corrected chi connectivity index (χ2v) is 16.9. The maximum Gasteiger partial charge on any atom is 0.0788 e. The number of fused-ring (bicyclic) bond motifs is 13. The van der Waals surface area contributed by atoms with Crippen molar-refractivity contribution in [2.75, 3.05) is 0 Å². The molecular weight excluding hydrogens is 777 g/mol. The molecule has 10 aromatic carbocycles. The van der Waals surface area contributed by atoms with E-state index in [0.717, 1.165) is 22.7 Å². The number of rotatable bonds is 5. The molecule has 298 valence electrons. The Hall–Kier alpha value is -8.60. The standard InChI is InChI=1S/C60H38N4/c1-4-16-41(17-5-1)61-53-25-13-12-24-47(53)50-36-39(28-33-56(50)61)40-29-34-57-51(37-40)52-38-44(30-35-58(52)62(57)42-18-6-2-7-19-42)64-55-27-15-11-23-46(55)49-32-31-48-45-22-10-14-26-54(45)63(59(48)60(49)64)43-20-8-3-9-21-43/h1-38H. The highest BCUT2D eigenvalue weighted by Crippen LogP contribution is 2.44. The SMILES string of the molecule is c1ccc(-n2c3ccccc3c3cc(-c4ccc5c(c4)c4cc(-n6c7ccccc7c7ccc8c9ccccc9n(-c9ccccc9)c8c76)ccc4n5-c4ccccc4)ccc32)cc1.